The van der Waals surface area contributed by atoms with Crippen LogP contribution in [-0.4, -0.2) is 41.0 Å². The second kappa shape index (κ2) is 13.8. The maximum absolute atomic E-state index is 15.2. The van der Waals surface area contributed by atoms with Crippen molar-refractivity contribution in [3.63, 3.8) is 0 Å². The summed E-state index contributed by atoms with van der Waals surface area (Å²) in [6.07, 6.45) is 1.59. The Bertz CT molecular complexity index is 1080. The van der Waals surface area contributed by atoms with Crippen LogP contribution in [0.5, 0.6) is 0 Å². The largest absolute Gasteiger partial charge is 0.442 e. The summed E-state index contributed by atoms with van der Waals surface area (Å²) in [7, 11) is 0. The Kier molecular flexibility index (Phi) is 11.4. The lowest BCUT2D eigenvalue weighted by atomic mass is 9.82. The molecule has 0 spiro atoms. The van der Waals surface area contributed by atoms with E-state index in [-0.39, 0.29) is 30.9 Å². The van der Waals surface area contributed by atoms with Gasteiger partial charge in [0, 0.05) is 35.6 Å². The quantitative estimate of drug-likeness (QED) is 0.311. The van der Waals surface area contributed by atoms with Crippen molar-refractivity contribution in [1.82, 2.24) is 0 Å². The van der Waals surface area contributed by atoms with Crippen molar-refractivity contribution in [2.24, 2.45) is 29.4 Å². The fraction of sp³-hybridized carbons (Fsp3) is 0.571. The van der Waals surface area contributed by atoms with Gasteiger partial charge in [0.15, 0.2) is 17.5 Å². The molecule has 0 aliphatic carbocycles. The van der Waals surface area contributed by atoms with Crippen LogP contribution in [-0.2, 0) is 16.0 Å². The zero-order chi connectivity index (χ0) is 28.7. The molecule has 10 heteroatoms. The van der Waals surface area contributed by atoms with Crippen LogP contribution in [0.15, 0.2) is 29.4 Å². The summed E-state index contributed by atoms with van der Waals surface area (Å²) >= 11 is 0. The number of allylic oxidation sites excluding steroid dienone is 1. The molecule has 1 aromatic rings. The number of anilines is 1. The number of benzene rings is 1. The normalized spacial score (nSPS) is 30.9. The lowest BCUT2D eigenvalue weighted by Crippen LogP contribution is -2.33. The molecular formula is C28H39F3N2O5. The van der Waals surface area contributed by atoms with E-state index in [1.165, 1.54) is 6.92 Å². The Morgan fingerprint density at radius 3 is 2.45 bits per heavy atom. The molecule has 1 heterocycles. The molecule has 0 unspecified atom stereocenters. The molecule has 1 aromatic carbocycles. The molecule has 0 fully saturated rings. The van der Waals surface area contributed by atoms with Gasteiger partial charge in [0.05, 0.1) is 11.8 Å². The highest BCUT2D eigenvalue weighted by atomic mass is 19.2. The van der Waals surface area contributed by atoms with Crippen LogP contribution in [0.3, 0.4) is 0 Å². The van der Waals surface area contributed by atoms with Gasteiger partial charge in [0.1, 0.15) is 6.10 Å². The number of halogens is 3. The Labute approximate surface area is 221 Å². The van der Waals surface area contributed by atoms with Crippen LogP contribution in [0.4, 0.5) is 23.7 Å². The second-order valence-electron chi connectivity index (χ2n) is 10.5. The fourth-order valence-electron chi connectivity index (χ4n) is 5.05. The van der Waals surface area contributed by atoms with Crippen LogP contribution in [0.2, 0.25) is 0 Å². The minimum absolute atomic E-state index is 0.186. The molecule has 0 radical (unpaired) electrons. The zero-order valence-electron chi connectivity index (χ0n) is 22.6. The Morgan fingerprint density at radius 2 is 1.84 bits per heavy atom. The van der Waals surface area contributed by atoms with E-state index >= 15 is 4.39 Å². The van der Waals surface area contributed by atoms with Crippen molar-refractivity contribution in [3.05, 3.63) is 52.4 Å². The van der Waals surface area contributed by atoms with Crippen LogP contribution in [0.25, 0.3) is 0 Å². The molecule has 7 nitrogen and oxygen atoms in total. The number of fused-ring (bicyclic) bond motifs is 2. The van der Waals surface area contributed by atoms with Gasteiger partial charge in [-0.3, -0.25) is 4.79 Å². The maximum atomic E-state index is 15.2. The number of hydrogen-bond donors (Lipinski definition) is 4. The number of nitrogens with one attached hydrogen (secondary N) is 1. The standard InChI is InChI=1S/C28H39F3N2O5/c1-14-9-19(13-34)25(35)17(4)11-18(5)26(38-28(32)37)15(2)7-6-8-16(3)27(36)33-22-12-21(29)23(30)20(10-14)24(22)31/h8,11-12,14-15,17,19,25-26,34-35H,6-7,9-10,13H2,1-5H3,(H2,32,37)(H,33,36)/b16-8+,18-11+/t14-,15-,17-,19+,25+,26+/m0/s1. The van der Waals surface area contributed by atoms with Crippen LogP contribution < -0.4 is 11.1 Å². The van der Waals surface area contributed by atoms with E-state index in [1.54, 1.807) is 32.9 Å². The molecule has 6 atom stereocenters. The van der Waals surface area contributed by atoms with E-state index < -0.39 is 70.7 Å². The van der Waals surface area contributed by atoms with Crippen molar-refractivity contribution < 1.29 is 37.7 Å². The summed E-state index contributed by atoms with van der Waals surface area (Å²) in [5.74, 6) is -6.15. The lowest BCUT2D eigenvalue weighted by molar-refractivity contribution is -0.112. The minimum Gasteiger partial charge on any atom is -0.442 e. The van der Waals surface area contributed by atoms with Gasteiger partial charge in [-0.15, -0.1) is 0 Å². The highest BCUT2D eigenvalue weighted by molar-refractivity contribution is 6.03. The zero-order valence-corrected chi connectivity index (χ0v) is 22.6. The summed E-state index contributed by atoms with van der Waals surface area (Å²) in [6, 6.07) is 0.608. The molecule has 0 saturated carbocycles. The third-order valence-electron chi connectivity index (χ3n) is 7.17. The Morgan fingerprint density at radius 1 is 1.18 bits per heavy atom. The smallest absolute Gasteiger partial charge is 0.405 e. The number of ether oxygens (including phenoxy) is 1. The van der Waals surface area contributed by atoms with Crippen LogP contribution in [0, 0.1) is 41.1 Å². The Hall–Kier alpha value is -2.85. The van der Waals surface area contributed by atoms with Crippen molar-refractivity contribution >= 4 is 17.7 Å². The maximum Gasteiger partial charge on any atom is 0.405 e. The first-order valence-corrected chi connectivity index (χ1v) is 12.8. The van der Waals surface area contributed by atoms with Crippen molar-refractivity contribution in [2.45, 2.75) is 72.5 Å². The number of primary amides is 1. The second-order valence-corrected chi connectivity index (χ2v) is 10.5. The summed E-state index contributed by atoms with van der Waals surface area (Å²) in [4.78, 5) is 24.2. The summed E-state index contributed by atoms with van der Waals surface area (Å²) in [6.45, 7) is 8.17. The average molecular weight is 541 g/mol. The van der Waals surface area contributed by atoms with Crippen molar-refractivity contribution in [1.29, 1.82) is 0 Å². The van der Waals surface area contributed by atoms with Gasteiger partial charge in [-0.2, -0.15) is 0 Å². The fourth-order valence-corrected chi connectivity index (χ4v) is 5.05. The molecule has 212 valence electrons. The van der Waals surface area contributed by atoms with Crippen molar-refractivity contribution in [3.8, 4) is 0 Å². The van der Waals surface area contributed by atoms with Gasteiger partial charge in [0.2, 0.25) is 0 Å². The van der Waals surface area contributed by atoms with Crippen LogP contribution >= 0.6 is 0 Å². The molecule has 2 amide bonds. The minimum atomic E-state index is -1.34. The Balaban J connectivity index is 2.53. The van der Waals surface area contributed by atoms with Crippen molar-refractivity contribution in [2.75, 3.05) is 11.9 Å². The van der Waals surface area contributed by atoms with Gasteiger partial charge in [-0.05, 0) is 56.9 Å². The topological polar surface area (TPSA) is 122 Å². The number of nitrogens with two attached hydrogens (primary N) is 1. The highest BCUT2D eigenvalue weighted by Crippen LogP contribution is 2.31. The lowest BCUT2D eigenvalue weighted by Gasteiger charge is -2.29. The molecule has 1 aliphatic rings. The molecule has 2 bridgehead atoms. The number of carbonyl (C=O) groups excluding carboxylic acids is 2. The summed E-state index contributed by atoms with van der Waals surface area (Å²) < 4.78 is 49.5. The van der Waals surface area contributed by atoms with Gasteiger partial charge < -0.3 is 26.0 Å². The summed E-state index contributed by atoms with van der Waals surface area (Å²) in [5, 5.41) is 23.3. The number of carbonyl (C=O) groups is 2. The van der Waals surface area contributed by atoms with E-state index in [0.29, 0.717) is 24.5 Å². The van der Waals surface area contributed by atoms with E-state index in [4.69, 9.17) is 10.5 Å². The van der Waals surface area contributed by atoms with E-state index in [0.717, 1.165) is 0 Å². The first kappa shape index (κ1) is 31.4. The molecule has 38 heavy (non-hydrogen) atoms. The SMILES string of the molecule is C/C1=C\CC[C@H](C)[C@@H](OC(N)=O)/C(C)=C/[C@H](C)[C@@H](O)[C@@H](CO)C[C@H](C)Cc2c(F)c(F)cc(c2F)NC1=O. The van der Waals surface area contributed by atoms with Gasteiger partial charge in [0.25, 0.3) is 5.91 Å². The highest BCUT2D eigenvalue weighted by Gasteiger charge is 2.29. The molecular weight excluding hydrogens is 501 g/mol. The molecule has 2 rings (SSSR count). The molecule has 1 aliphatic heterocycles. The first-order valence-electron chi connectivity index (χ1n) is 12.8. The predicted molar refractivity (Wildman–Crippen MR) is 139 cm³/mol. The third-order valence-corrected chi connectivity index (χ3v) is 7.17. The number of amides is 2. The van der Waals surface area contributed by atoms with Crippen LogP contribution in [0.1, 0.15) is 59.4 Å². The third kappa shape index (κ3) is 8.07. The molecule has 5 N–H and O–H groups in total. The number of aliphatic hydroxyl groups excluding tert-OH is 2. The predicted octanol–water partition coefficient (Wildman–Crippen LogP) is 5.00. The van der Waals surface area contributed by atoms with Gasteiger partial charge in [-0.1, -0.05) is 32.9 Å². The molecule has 0 aromatic heterocycles. The number of hydrogen-bond acceptors (Lipinski definition) is 5. The summed E-state index contributed by atoms with van der Waals surface area (Å²) in [5.41, 5.74) is 5.22. The monoisotopic (exact) mass is 540 g/mol. The van der Waals surface area contributed by atoms with Gasteiger partial charge in [-0.25, -0.2) is 18.0 Å². The first-order chi connectivity index (χ1) is 17.8. The van der Waals surface area contributed by atoms with Gasteiger partial charge >= 0.3 is 6.09 Å². The number of aliphatic hydroxyl groups is 2. The number of rotatable bonds is 2. The average Bonchev–Trinajstić information content (AvgIpc) is 2.85. The van der Waals surface area contributed by atoms with E-state index in [2.05, 4.69) is 5.32 Å². The van der Waals surface area contributed by atoms with E-state index in [1.807, 2.05) is 6.92 Å². The van der Waals surface area contributed by atoms with E-state index in [9.17, 15) is 28.6 Å². The molecule has 0 saturated heterocycles.